The Labute approximate surface area is 183 Å². The van der Waals surface area contributed by atoms with E-state index in [-0.39, 0.29) is 6.61 Å². The van der Waals surface area contributed by atoms with E-state index in [0.717, 1.165) is 33.4 Å². The van der Waals surface area contributed by atoms with Crippen molar-refractivity contribution in [1.82, 2.24) is 19.9 Å². The first-order valence-corrected chi connectivity index (χ1v) is 11.2. The molecule has 9 heteroatoms. The lowest BCUT2D eigenvalue weighted by Crippen LogP contribution is -2.16. The Morgan fingerprint density at radius 1 is 1.07 bits per heavy atom. The summed E-state index contributed by atoms with van der Waals surface area (Å²) in [5, 5.41) is 15.2. The molecule has 0 spiro atoms. The average molecular weight is 439 g/mol. The molecular weight excluding hydrogens is 416 g/mol. The number of hydrogen-bond donors (Lipinski definition) is 2. The van der Waals surface area contributed by atoms with E-state index in [4.69, 9.17) is 10.6 Å². The van der Waals surface area contributed by atoms with Crippen LogP contribution in [0.25, 0.3) is 0 Å². The monoisotopic (exact) mass is 438 g/mol. The third-order valence-electron chi connectivity index (χ3n) is 4.42. The minimum Gasteiger partial charge on any atom is -0.485 e. The number of nitrogens with two attached hydrogens (primary N) is 1. The molecular formula is C21H22N6OS2. The molecule has 7 nitrogen and oxygen atoms in total. The van der Waals surface area contributed by atoms with Gasteiger partial charge in [-0.3, -0.25) is 0 Å². The molecule has 0 aliphatic carbocycles. The number of benzene rings is 2. The van der Waals surface area contributed by atoms with Gasteiger partial charge in [-0.05, 0) is 37.1 Å². The smallest absolute Gasteiger partial charge is 0.210 e. The minimum atomic E-state index is 0.262. The number of ether oxygens (including phenoxy) is 1. The number of para-hydroxylation sites is 2. The number of thiazole rings is 1. The molecule has 2 aromatic carbocycles. The summed E-state index contributed by atoms with van der Waals surface area (Å²) in [7, 11) is 0. The van der Waals surface area contributed by atoms with Gasteiger partial charge in [0.15, 0.2) is 11.0 Å². The first-order chi connectivity index (χ1) is 14.6. The second-order valence-corrected chi connectivity index (χ2v) is 8.50. The van der Waals surface area contributed by atoms with Gasteiger partial charge < -0.3 is 15.9 Å². The molecule has 2 aromatic heterocycles. The van der Waals surface area contributed by atoms with Crippen LogP contribution in [0.2, 0.25) is 0 Å². The Morgan fingerprint density at radius 2 is 1.83 bits per heavy atom. The summed E-state index contributed by atoms with van der Waals surface area (Å²) in [5.74, 6) is 8.26. The molecule has 4 rings (SSSR count). The van der Waals surface area contributed by atoms with Gasteiger partial charge in [-0.1, -0.05) is 48.2 Å². The zero-order valence-electron chi connectivity index (χ0n) is 16.7. The number of hydrogen-bond acceptors (Lipinski definition) is 8. The summed E-state index contributed by atoms with van der Waals surface area (Å²) in [4.78, 5) is 4.62. The van der Waals surface area contributed by atoms with Gasteiger partial charge in [0.05, 0.1) is 5.69 Å². The molecule has 0 saturated heterocycles. The Balaban J connectivity index is 1.34. The molecule has 2 heterocycles. The lowest BCUT2D eigenvalue weighted by atomic mass is 10.1. The highest BCUT2D eigenvalue weighted by atomic mass is 32.2. The number of rotatable bonds is 8. The van der Waals surface area contributed by atoms with Crippen LogP contribution in [0.4, 0.5) is 10.8 Å². The molecule has 3 N–H and O–H groups in total. The van der Waals surface area contributed by atoms with Gasteiger partial charge >= 0.3 is 0 Å². The number of aryl methyl sites for hydroxylation is 2. The first kappa shape index (κ1) is 20.2. The molecule has 0 amide bonds. The van der Waals surface area contributed by atoms with Crippen LogP contribution in [-0.4, -0.2) is 19.9 Å². The Hall–Kier alpha value is -3.04. The predicted molar refractivity (Wildman–Crippen MR) is 122 cm³/mol. The van der Waals surface area contributed by atoms with Gasteiger partial charge in [0.2, 0.25) is 5.16 Å². The maximum atomic E-state index is 6.18. The van der Waals surface area contributed by atoms with E-state index < -0.39 is 0 Å². The molecule has 30 heavy (non-hydrogen) atoms. The predicted octanol–water partition coefficient (Wildman–Crippen LogP) is 4.68. The van der Waals surface area contributed by atoms with E-state index >= 15 is 0 Å². The van der Waals surface area contributed by atoms with Gasteiger partial charge in [0.25, 0.3) is 0 Å². The maximum Gasteiger partial charge on any atom is 0.210 e. The van der Waals surface area contributed by atoms with Crippen LogP contribution in [0.5, 0.6) is 5.75 Å². The number of nitrogen functional groups attached to an aromatic ring is 1. The van der Waals surface area contributed by atoms with Crippen LogP contribution in [0.1, 0.15) is 22.6 Å². The van der Waals surface area contributed by atoms with Crippen molar-refractivity contribution in [2.24, 2.45) is 0 Å². The SMILES string of the molecule is Cc1cccc(C)c1OCc1nnc(SCc2csc(Nc3ccccc3)n2)n1N. The largest absolute Gasteiger partial charge is 0.485 e. The number of nitrogens with zero attached hydrogens (tertiary/aromatic N) is 4. The van der Waals surface area contributed by atoms with Crippen molar-refractivity contribution in [1.29, 1.82) is 0 Å². The van der Waals surface area contributed by atoms with Gasteiger partial charge in [0, 0.05) is 16.8 Å². The maximum absolute atomic E-state index is 6.18. The molecule has 0 bridgehead atoms. The molecule has 0 fully saturated rings. The van der Waals surface area contributed by atoms with E-state index in [1.807, 2.05) is 67.8 Å². The Morgan fingerprint density at radius 3 is 2.60 bits per heavy atom. The van der Waals surface area contributed by atoms with Crippen molar-refractivity contribution < 1.29 is 4.74 Å². The second-order valence-electron chi connectivity index (χ2n) is 6.70. The molecule has 0 aliphatic heterocycles. The molecule has 4 aromatic rings. The van der Waals surface area contributed by atoms with Crippen molar-refractivity contribution in [3.63, 3.8) is 0 Å². The van der Waals surface area contributed by atoms with Gasteiger partial charge in [-0.15, -0.1) is 21.5 Å². The molecule has 0 atom stereocenters. The summed E-state index contributed by atoms with van der Waals surface area (Å²) in [6.45, 7) is 4.30. The zero-order valence-corrected chi connectivity index (χ0v) is 18.3. The van der Waals surface area contributed by atoms with Crippen LogP contribution in [0, 0.1) is 13.8 Å². The normalized spacial score (nSPS) is 10.9. The van der Waals surface area contributed by atoms with E-state index in [1.165, 1.54) is 16.4 Å². The summed E-state index contributed by atoms with van der Waals surface area (Å²) >= 11 is 3.06. The zero-order chi connectivity index (χ0) is 20.9. The van der Waals surface area contributed by atoms with Crippen molar-refractivity contribution >= 4 is 33.9 Å². The molecule has 0 radical (unpaired) electrons. The van der Waals surface area contributed by atoms with E-state index in [2.05, 4.69) is 20.5 Å². The Kier molecular flexibility index (Phi) is 6.20. The second kappa shape index (κ2) is 9.19. The molecule has 0 aliphatic rings. The lowest BCUT2D eigenvalue weighted by molar-refractivity contribution is 0.288. The number of nitrogens with one attached hydrogen (secondary N) is 1. The standard InChI is InChI=1S/C21H22N6OS2/c1-14-7-6-8-15(2)19(14)28-11-18-25-26-21(27(18)22)30-13-17-12-29-20(24-17)23-16-9-4-3-5-10-16/h3-10,12H,11,13,22H2,1-2H3,(H,23,24). The van der Waals surface area contributed by atoms with Crippen LogP contribution in [0.15, 0.2) is 59.1 Å². The average Bonchev–Trinajstić information content (AvgIpc) is 3.33. The quantitative estimate of drug-likeness (QED) is 0.305. The lowest BCUT2D eigenvalue weighted by Gasteiger charge is -2.11. The van der Waals surface area contributed by atoms with Crippen molar-refractivity contribution in [3.8, 4) is 5.75 Å². The van der Waals surface area contributed by atoms with E-state index in [1.54, 1.807) is 11.3 Å². The molecule has 154 valence electrons. The fraction of sp³-hybridized carbons (Fsp3) is 0.190. The summed E-state index contributed by atoms with van der Waals surface area (Å²) in [6, 6.07) is 16.0. The van der Waals surface area contributed by atoms with Crippen LogP contribution in [0.3, 0.4) is 0 Å². The molecule has 0 unspecified atom stereocenters. The van der Waals surface area contributed by atoms with Gasteiger partial charge in [0.1, 0.15) is 12.4 Å². The van der Waals surface area contributed by atoms with E-state index in [0.29, 0.717) is 16.7 Å². The highest BCUT2D eigenvalue weighted by molar-refractivity contribution is 7.98. The number of aromatic nitrogens is 4. The third-order valence-corrected chi connectivity index (χ3v) is 6.20. The van der Waals surface area contributed by atoms with Crippen molar-refractivity contribution in [2.75, 3.05) is 11.2 Å². The molecule has 0 saturated carbocycles. The fourth-order valence-electron chi connectivity index (χ4n) is 2.88. The number of anilines is 2. The topological polar surface area (TPSA) is 90.9 Å². The first-order valence-electron chi connectivity index (χ1n) is 9.38. The van der Waals surface area contributed by atoms with Crippen LogP contribution >= 0.6 is 23.1 Å². The van der Waals surface area contributed by atoms with Crippen molar-refractivity contribution in [3.05, 3.63) is 76.6 Å². The minimum absolute atomic E-state index is 0.262. The van der Waals surface area contributed by atoms with Crippen LogP contribution < -0.4 is 15.9 Å². The summed E-state index contributed by atoms with van der Waals surface area (Å²) in [5.41, 5.74) is 4.13. The van der Waals surface area contributed by atoms with Gasteiger partial charge in [-0.2, -0.15) is 0 Å². The highest BCUT2D eigenvalue weighted by Gasteiger charge is 2.13. The highest BCUT2D eigenvalue weighted by Crippen LogP contribution is 2.26. The summed E-state index contributed by atoms with van der Waals surface area (Å²) in [6.07, 6.45) is 0. The Bertz CT molecular complexity index is 1110. The van der Waals surface area contributed by atoms with Crippen molar-refractivity contribution in [2.45, 2.75) is 31.4 Å². The third kappa shape index (κ3) is 4.74. The van der Waals surface area contributed by atoms with E-state index in [9.17, 15) is 0 Å². The number of thioether (sulfide) groups is 1. The fourth-order valence-corrected chi connectivity index (χ4v) is 4.49. The summed E-state index contributed by atoms with van der Waals surface area (Å²) < 4.78 is 7.42. The van der Waals surface area contributed by atoms with Crippen LogP contribution in [-0.2, 0) is 12.4 Å². The van der Waals surface area contributed by atoms with Gasteiger partial charge in [-0.25, -0.2) is 9.66 Å².